The third kappa shape index (κ3) is 0.725. The van der Waals surface area contributed by atoms with Gasteiger partial charge in [0.1, 0.15) is 0 Å². The van der Waals surface area contributed by atoms with Crippen LogP contribution in [0, 0.1) is 16.7 Å². The lowest BCUT2D eigenvalue weighted by atomic mass is 9.61. The molecule has 3 aliphatic carbocycles. The number of fused-ring (bicyclic) bond motifs is 1. The Hall–Kier alpha value is -0.155. The summed E-state index contributed by atoms with van der Waals surface area (Å²) < 4.78 is 26.9. The molecular weight excluding hydrogens is 189 g/mol. The van der Waals surface area contributed by atoms with Crippen molar-refractivity contribution in [1.29, 1.82) is 0 Å². The fraction of sp³-hybridized carbons (Fsp3) is 1.00. The molecule has 0 radical (unpaired) electrons. The lowest BCUT2D eigenvalue weighted by Gasteiger charge is -2.36. The van der Waals surface area contributed by atoms with Crippen LogP contribution >= 0.6 is 0 Å². The van der Waals surface area contributed by atoms with E-state index in [0.29, 0.717) is 25.7 Å². The molecule has 2 N–H and O–H groups in total. The van der Waals surface area contributed by atoms with Crippen LogP contribution in [0.4, 0.5) is 8.78 Å². The summed E-state index contributed by atoms with van der Waals surface area (Å²) in [7, 11) is -1.33. The molecule has 2 nitrogen and oxygen atoms in total. The maximum atomic E-state index is 13.5. The van der Waals surface area contributed by atoms with E-state index in [4.69, 9.17) is 10.0 Å². The van der Waals surface area contributed by atoms with E-state index in [1.54, 1.807) is 0 Å². The summed E-state index contributed by atoms with van der Waals surface area (Å²) in [6.45, 7) is 0. The summed E-state index contributed by atoms with van der Waals surface area (Å²) in [4.78, 5) is 0. The van der Waals surface area contributed by atoms with Crippen molar-refractivity contribution < 1.29 is 18.8 Å². The molecule has 3 saturated carbocycles. The molecule has 3 fully saturated rings. The van der Waals surface area contributed by atoms with E-state index in [-0.39, 0.29) is 12.2 Å². The van der Waals surface area contributed by atoms with Crippen molar-refractivity contribution in [3.63, 3.8) is 0 Å². The van der Waals surface area contributed by atoms with Gasteiger partial charge in [-0.2, -0.15) is 0 Å². The average Bonchev–Trinajstić information content (AvgIpc) is 2.80. The second-order valence-electron chi connectivity index (χ2n) is 5.23. The van der Waals surface area contributed by atoms with Gasteiger partial charge in [0.2, 0.25) is 0 Å². The van der Waals surface area contributed by atoms with E-state index < -0.39 is 23.9 Å². The van der Waals surface area contributed by atoms with Crippen molar-refractivity contribution in [2.45, 2.75) is 37.9 Å². The molecule has 5 heteroatoms. The Morgan fingerprint density at radius 3 is 2.07 bits per heavy atom. The van der Waals surface area contributed by atoms with Gasteiger partial charge < -0.3 is 10.0 Å². The Bertz CT molecular complexity index is 277. The van der Waals surface area contributed by atoms with Crippen molar-refractivity contribution in [3.8, 4) is 0 Å². The molecule has 0 saturated heterocycles. The highest BCUT2D eigenvalue weighted by Gasteiger charge is 2.97. The van der Waals surface area contributed by atoms with Crippen molar-refractivity contribution in [2.75, 3.05) is 0 Å². The number of halogens is 2. The summed E-state index contributed by atoms with van der Waals surface area (Å²) >= 11 is 0. The topological polar surface area (TPSA) is 40.5 Å². The minimum atomic E-state index is -2.45. The van der Waals surface area contributed by atoms with Crippen molar-refractivity contribution in [1.82, 2.24) is 0 Å². The predicted octanol–water partition coefficient (Wildman–Crippen LogP) is 1.28. The van der Waals surface area contributed by atoms with E-state index in [9.17, 15) is 8.78 Å². The van der Waals surface area contributed by atoms with Gasteiger partial charge in [-0.15, -0.1) is 0 Å². The number of alkyl halides is 2. The lowest BCUT2D eigenvalue weighted by molar-refractivity contribution is 0.00447. The Kier molecular flexibility index (Phi) is 1.41. The highest BCUT2D eigenvalue weighted by Crippen LogP contribution is 2.93. The zero-order valence-electron chi connectivity index (χ0n) is 7.84. The Morgan fingerprint density at radius 2 is 1.71 bits per heavy atom. The van der Waals surface area contributed by atoms with E-state index in [1.807, 2.05) is 0 Å². The molecule has 14 heavy (non-hydrogen) atoms. The van der Waals surface area contributed by atoms with Crippen LogP contribution < -0.4 is 0 Å². The molecule has 3 rings (SSSR count). The first-order valence-corrected chi connectivity index (χ1v) is 5.19. The van der Waals surface area contributed by atoms with Gasteiger partial charge >= 0.3 is 7.12 Å². The standard InChI is InChI=1S/C9H13BF2O2/c11-9(12)7(1-2-7)8(9)3-6(4-8)5-10(13)14/h6,13-14H,1-5H2. The Balaban J connectivity index is 1.65. The van der Waals surface area contributed by atoms with Crippen molar-refractivity contribution in [2.24, 2.45) is 16.7 Å². The van der Waals surface area contributed by atoms with Crippen LogP contribution in [0.15, 0.2) is 0 Å². The van der Waals surface area contributed by atoms with E-state index in [2.05, 4.69) is 0 Å². The molecule has 0 aliphatic heterocycles. The summed E-state index contributed by atoms with van der Waals surface area (Å²) in [5.41, 5.74) is -1.36. The van der Waals surface area contributed by atoms with Crippen LogP contribution in [-0.2, 0) is 0 Å². The smallest absolute Gasteiger partial charge is 0.427 e. The first-order valence-electron chi connectivity index (χ1n) is 5.19. The molecule has 0 aromatic heterocycles. The quantitative estimate of drug-likeness (QED) is 0.662. The first kappa shape index (κ1) is 9.10. The highest BCUT2D eigenvalue weighted by atomic mass is 19.3. The zero-order chi connectivity index (χ0) is 10.2. The molecule has 0 unspecified atom stereocenters. The number of rotatable bonds is 2. The number of hydrogen-bond donors (Lipinski definition) is 2. The van der Waals surface area contributed by atoms with E-state index in [1.165, 1.54) is 0 Å². The normalized spacial score (nSPS) is 45.0. The zero-order valence-corrected chi connectivity index (χ0v) is 7.84. The van der Waals surface area contributed by atoms with E-state index >= 15 is 0 Å². The fourth-order valence-electron chi connectivity index (χ4n) is 3.70. The molecule has 0 aromatic carbocycles. The molecular formula is C9H13BF2O2. The van der Waals surface area contributed by atoms with Crippen molar-refractivity contribution in [3.05, 3.63) is 0 Å². The monoisotopic (exact) mass is 202 g/mol. The largest absolute Gasteiger partial charge is 0.451 e. The maximum Gasteiger partial charge on any atom is 0.451 e. The highest BCUT2D eigenvalue weighted by molar-refractivity contribution is 6.41. The van der Waals surface area contributed by atoms with Gasteiger partial charge in [0.25, 0.3) is 5.92 Å². The molecule has 0 atom stereocenters. The Morgan fingerprint density at radius 1 is 1.14 bits per heavy atom. The van der Waals surface area contributed by atoms with Crippen LogP contribution in [-0.4, -0.2) is 23.1 Å². The summed E-state index contributed by atoms with van der Waals surface area (Å²) in [6, 6.07) is 0. The summed E-state index contributed by atoms with van der Waals surface area (Å²) in [5, 5.41) is 17.4. The van der Waals surface area contributed by atoms with Crippen LogP contribution in [0.3, 0.4) is 0 Å². The van der Waals surface area contributed by atoms with Gasteiger partial charge in [-0.05, 0) is 37.9 Å². The molecule has 0 bridgehead atoms. The molecule has 2 spiro atoms. The first-order chi connectivity index (χ1) is 6.45. The minimum Gasteiger partial charge on any atom is -0.427 e. The second kappa shape index (κ2) is 2.17. The third-order valence-electron chi connectivity index (χ3n) is 4.62. The van der Waals surface area contributed by atoms with Crippen LogP contribution in [0.5, 0.6) is 0 Å². The molecule has 0 aromatic rings. The lowest BCUT2D eigenvalue weighted by Crippen LogP contribution is -2.34. The number of hydrogen-bond acceptors (Lipinski definition) is 2. The van der Waals surface area contributed by atoms with Crippen LogP contribution in [0.25, 0.3) is 0 Å². The van der Waals surface area contributed by atoms with Crippen molar-refractivity contribution >= 4 is 7.12 Å². The SMILES string of the molecule is OB(O)CC1CC2(C1)C(F)(F)C21CC1. The van der Waals surface area contributed by atoms with Gasteiger partial charge in [0, 0.05) is 10.8 Å². The van der Waals surface area contributed by atoms with Gasteiger partial charge in [0.05, 0.1) is 0 Å². The molecule has 0 amide bonds. The van der Waals surface area contributed by atoms with Gasteiger partial charge in [-0.1, -0.05) is 0 Å². The molecule has 0 heterocycles. The average molecular weight is 202 g/mol. The van der Waals surface area contributed by atoms with E-state index in [0.717, 1.165) is 0 Å². The summed E-state index contributed by atoms with van der Waals surface area (Å²) in [6.07, 6.45) is 2.60. The van der Waals surface area contributed by atoms with Crippen LogP contribution in [0.2, 0.25) is 6.32 Å². The Labute approximate surface area is 81.5 Å². The maximum absolute atomic E-state index is 13.5. The van der Waals surface area contributed by atoms with Crippen LogP contribution in [0.1, 0.15) is 25.7 Å². The van der Waals surface area contributed by atoms with Gasteiger partial charge in [0.15, 0.2) is 0 Å². The third-order valence-corrected chi connectivity index (χ3v) is 4.62. The predicted molar refractivity (Wildman–Crippen MR) is 46.8 cm³/mol. The minimum absolute atomic E-state index is 0.0980. The van der Waals surface area contributed by atoms with Gasteiger partial charge in [-0.25, -0.2) is 8.78 Å². The second-order valence-corrected chi connectivity index (χ2v) is 5.23. The van der Waals surface area contributed by atoms with Gasteiger partial charge in [-0.3, -0.25) is 0 Å². The molecule has 78 valence electrons. The summed E-state index contributed by atoms with van der Waals surface area (Å²) in [5.74, 6) is -2.35. The molecule has 3 aliphatic rings. The fourth-order valence-corrected chi connectivity index (χ4v) is 3.70.